The molecule has 2 unspecified atom stereocenters. The zero-order valence-electron chi connectivity index (χ0n) is 22.2. The molecule has 0 bridgehead atoms. The van der Waals surface area contributed by atoms with Gasteiger partial charge in [0.1, 0.15) is 0 Å². The number of hydrogen-bond donors (Lipinski definition) is 0. The van der Waals surface area contributed by atoms with Crippen molar-refractivity contribution in [1.82, 2.24) is 9.80 Å². The molecule has 2 heteroatoms. The molecule has 2 heterocycles. The molecule has 184 valence electrons. The third-order valence-electron chi connectivity index (χ3n) is 9.53. The van der Waals surface area contributed by atoms with Crippen molar-refractivity contribution in [2.75, 3.05) is 0 Å². The van der Waals surface area contributed by atoms with Crippen molar-refractivity contribution in [3.63, 3.8) is 0 Å². The summed E-state index contributed by atoms with van der Waals surface area (Å²) in [6.45, 7) is 20.2. The lowest BCUT2D eigenvalue weighted by atomic mass is 9.76. The second-order valence-electron chi connectivity index (χ2n) is 12.1. The monoisotopic (exact) mass is 474 g/mol. The first-order valence-corrected chi connectivity index (χ1v) is 13.4. The fourth-order valence-corrected chi connectivity index (χ4v) is 6.96. The summed E-state index contributed by atoms with van der Waals surface area (Å²) in [5.74, 6) is 1.02. The maximum atomic E-state index is 4.56. The highest BCUT2D eigenvalue weighted by molar-refractivity contribution is 5.88. The van der Waals surface area contributed by atoms with E-state index in [2.05, 4.69) is 124 Å². The lowest BCUT2D eigenvalue weighted by molar-refractivity contribution is 0.338. The van der Waals surface area contributed by atoms with Crippen LogP contribution in [0.25, 0.3) is 10.8 Å². The van der Waals surface area contributed by atoms with Crippen LogP contribution in [0.3, 0.4) is 0 Å². The molecule has 4 aliphatic rings. The van der Waals surface area contributed by atoms with Crippen LogP contribution in [0.4, 0.5) is 0 Å². The van der Waals surface area contributed by atoms with Gasteiger partial charge in [-0.1, -0.05) is 102 Å². The Kier molecular flexibility index (Phi) is 5.23. The van der Waals surface area contributed by atoms with Gasteiger partial charge in [0, 0.05) is 58.5 Å². The summed E-state index contributed by atoms with van der Waals surface area (Å²) in [5.41, 5.74) is 8.17. The molecule has 2 aromatic rings. The number of benzene rings is 2. The number of fused-ring (bicyclic) bond motifs is 3. The minimum absolute atomic E-state index is 0.0773. The van der Waals surface area contributed by atoms with Crippen LogP contribution in [0.2, 0.25) is 0 Å². The molecule has 2 fully saturated rings. The van der Waals surface area contributed by atoms with E-state index in [1.807, 2.05) is 0 Å². The third kappa shape index (κ3) is 3.30. The first kappa shape index (κ1) is 23.2. The first-order chi connectivity index (χ1) is 17.2. The second kappa shape index (κ2) is 8.13. The van der Waals surface area contributed by atoms with Gasteiger partial charge in [-0.25, -0.2) is 0 Å². The van der Waals surface area contributed by atoms with Gasteiger partial charge in [0.25, 0.3) is 0 Å². The van der Waals surface area contributed by atoms with Crippen LogP contribution in [0.1, 0.15) is 51.7 Å². The lowest BCUT2D eigenvalue weighted by Crippen LogP contribution is -2.20. The van der Waals surface area contributed by atoms with E-state index >= 15 is 0 Å². The Morgan fingerprint density at radius 3 is 1.53 bits per heavy atom. The minimum Gasteiger partial charge on any atom is -0.344 e. The van der Waals surface area contributed by atoms with Gasteiger partial charge >= 0.3 is 0 Å². The van der Waals surface area contributed by atoms with E-state index < -0.39 is 0 Å². The average Bonchev–Trinajstić information content (AvgIpc) is 3.19. The summed E-state index contributed by atoms with van der Waals surface area (Å²) in [6, 6.07) is 13.6. The molecule has 2 atom stereocenters. The summed E-state index contributed by atoms with van der Waals surface area (Å²) in [4.78, 5) is 4.95. The Balaban J connectivity index is 1.36. The van der Waals surface area contributed by atoms with Gasteiger partial charge in [-0.2, -0.15) is 0 Å². The summed E-state index contributed by atoms with van der Waals surface area (Å²) < 4.78 is 0. The molecule has 2 aliphatic heterocycles. The molecule has 0 N–H and O–H groups in total. The molecular formula is C34H38N2. The van der Waals surface area contributed by atoms with Gasteiger partial charge < -0.3 is 9.80 Å². The molecule has 6 rings (SSSR count). The van der Waals surface area contributed by atoms with E-state index in [4.69, 9.17) is 0 Å². The molecule has 36 heavy (non-hydrogen) atoms. The maximum absolute atomic E-state index is 4.56. The summed E-state index contributed by atoms with van der Waals surface area (Å²) in [6.07, 6.45) is 15.8. The Morgan fingerprint density at radius 2 is 1.11 bits per heavy atom. The van der Waals surface area contributed by atoms with Crippen LogP contribution < -0.4 is 0 Å². The van der Waals surface area contributed by atoms with E-state index in [9.17, 15) is 0 Å². The van der Waals surface area contributed by atoms with Crippen molar-refractivity contribution in [2.45, 2.75) is 53.6 Å². The predicted molar refractivity (Wildman–Crippen MR) is 152 cm³/mol. The number of nitrogens with zero attached hydrogens (tertiary/aromatic N) is 2. The molecule has 2 saturated heterocycles. The zero-order chi connectivity index (χ0) is 25.2. The van der Waals surface area contributed by atoms with Crippen LogP contribution in [0.15, 0.2) is 109 Å². The lowest BCUT2D eigenvalue weighted by Gasteiger charge is -2.27. The van der Waals surface area contributed by atoms with Crippen LogP contribution in [0.5, 0.6) is 0 Å². The molecule has 0 amide bonds. The van der Waals surface area contributed by atoms with Crippen molar-refractivity contribution < 1.29 is 0 Å². The average molecular weight is 475 g/mol. The Morgan fingerprint density at radius 1 is 0.694 bits per heavy atom. The SMILES string of the molecule is C=C1N(Cc2cccc3c(CN4C(=C)C(C)(C)C5CC=CC=C54)cccc23)C2=CC=CCC2C1(C)C. The van der Waals surface area contributed by atoms with Crippen LogP contribution in [-0.4, -0.2) is 9.80 Å². The highest BCUT2D eigenvalue weighted by atomic mass is 15.2. The van der Waals surface area contributed by atoms with Crippen LogP contribution in [0, 0.1) is 22.7 Å². The number of allylic oxidation sites excluding steroid dienone is 10. The van der Waals surface area contributed by atoms with Gasteiger partial charge in [0.05, 0.1) is 0 Å². The number of likely N-dealkylation sites (tertiary alicyclic amines) is 2. The van der Waals surface area contributed by atoms with Crippen molar-refractivity contribution in [2.24, 2.45) is 22.7 Å². The molecule has 0 radical (unpaired) electrons. The normalized spacial score (nSPS) is 25.8. The Labute approximate surface area is 216 Å². The minimum atomic E-state index is 0.0773. The van der Waals surface area contributed by atoms with Crippen LogP contribution >= 0.6 is 0 Å². The maximum Gasteiger partial charge on any atom is 0.0481 e. The Hall–Kier alpha value is -3.26. The van der Waals surface area contributed by atoms with Crippen LogP contribution in [-0.2, 0) is 13.1 Å². The molecule has 2 nitrogen and oxygen atoms in total. The van der Waals surface area contributed by atoms with E-state index in [-0.39, 0.29) is 10.8 Å². The molecule has 0 spiro atoms. The summed E-state index contributed by atoms with van der Waals surface area (Å²) in [5, 5.41) is 2.68. The topological polar surface area (TPSA) is 6.48 Å². The smallest absolute Gasteiger partial charge is 0.0481 e. The summed E-state index contributed by atoms with van der Waals surface area (Å²) >= 11 is 0. The largest absolute Gasteiger partial charge is 0.344 e. The van der Waals surface area contributed by atoms with Crippen molar-refractivity contribution in [3.8, 4) is 0 Å². The standard InChI is InChI=1S/C34H38N2/c1-23-33(3,4)29-17-7-9-19-31(29)35(23)21-25-13-11-16-28-26(14-12-15-27(25)28)22-36-24(2)34(5,6)30-18-8-10-20-32(30)36/h7-16,19-20,29-30H,1-2,17-18,21-22H2,3-6H3. The molecule has 0 saturated carbocycles. The number of rotatable bonds is 4. The predicted octanol–water partition coefficient (Wildman–Crippen LogP) is 8.47. The molecule has 2 aromatic carbocycles. The fraction of sp³-hybridized carbons (Fsp3) is 0.353. The fourth-order valence-electron chi connectivity index (χ4n) is 6.96. The molecule has 2 aliphatic carbocycles. The first-order valence-electron chi connectivity index (χ1n) is 13.4. The number of hydrogen-bond acceptors (Lipinski definition) is 2. The second-order valence-corrected chi connectivity index (χ2v) is 12.1. The van der Waals surface area contributed by atoms with E-state index in [0.29, 0.717) is 11.8 Å². The zero-order valence-corrected chi connectivity index (χ0v) is 22.2. The summed E-state index contributed by atoms with van der Waals surface area (Å²) in [7, 11) is 0. The van der Waals surface area contributed by atoms with Crippen molar-refractivity contribution >= 4 is 10.8 Å². The van der Waals surface area contributed by atoms with Gasteiger partial charge in [-0.05, 0) is 46.9 Å². The van der Waals surface area contributed by atoms with E-state index in [0.717, 1.165) is 25.9 Å². The van der Waals surface area contributed by atoms with Crippen molar-refractivity contribution in [1.29, 1.82) is 0 Å². The highest BCUT2D eigenvalue weighted by Crippen LogP contribution is 2.54. The quantitative estimate of drug-likeness (QED) is 0.438. The Bertz CT molecular complexity index is 1290. The van der Waals surface area contributed by atoms with E-state index in [1.54, 1.807) is 0 Å². The van der Waals surface area contributed by atoms with Gasteiger partial charge in [0.2, 0.25) is 0 Å². The van der Waals surface area contributed by atoms with Gasteiger partial charge in [-0.15, -0.1) is 0 Å². The molecular weight excluding hydrogens is 436 g/mol. The molecule has 0 aromatic heterocycles. The van der Waals surface area contributed by atoms with Gasteiger partial charge in [-0.3, -0.25) is 0 Å². The van der Waals surface area contributed by atoms with E-state index in [1.165, 1.54) is 44.7 Å². The third-order valence-corrected chi connectivity index (χ3v) is 9.53. The highest BCUT2D eigenvalue weighted by Gasteiger charge is 2.47. The van der Waals surface area contributed by atoms with Crippen molar-refractivity contribution in [3.05, 3.63) is 120 Å². The van der Waals surface area contributed by atoms with Gasteiger partial charge in [0.15, 0.2) is 0 Å².